The van der Waals surface area contributed by atoms with Gasteiger partial charge in [0.05, 0.1) is 5.56 Å². The van der Waals surface area contributed by atoms with Crippen LogP contribution in [-0.2, 0) is 0 Å². The van der Waals surface area contributed by atoms with Crippen molar-refractivity contribution in [2.75, 3.05) is 0 Å². The van der Waals surface area contributed by atoms with Gasteiger partial charge >= 0.3 is 5.97 Å². The summed E-state index contributed by atoms with van der Waals surface area (Å²) < 4.78 is 9.47. The van der Waals surface area contributed by atoms with E-state index in [4.69, 9.17) is 36.9 Å². The zero-order valence-electron chi connectivity index (χ0n) is 8.56. The van der Waals surface area contributed by atoms with Gasteiger partial charge in [-0.3, -0.25) is 10.8 Å². The lowest BCUT2D eigenvalue weighted by Crippen LogP contribution is -2.19. The van der Waals surface area contributed by atoms with Crippen LogP contribution in [0.2, 0.25) is 0 Å². The van der Waals surface area contributed by atoms with Crippen LogP contribution in [0.1, 0.15) is 10.4 Å². The Morgan fingerprint density at radius 2 is 1.47 bits per heavy atom. The van der Waals surface area contributed by atoms with Crippen LogP contribution in [0.5, 0.6) is 11.5 Å². The monoisotopic (exact) mass is 238 g/mol. The fraction of sp³-hybridized carbons (Fsp3) is 0. The third-order valence-electron chi connectivity index (χ3n) is 1.58. The van der Waals surface area contributed by atoms with Gasteiger partial charge in [-0.1, -0.05) is 0 Å². The molecule has 0 aromatic heterocycles. The molecule has 8 nitrogen and oxygen atoms in total. The molecule has 1 rings (SSSR count). The van der Waals surface area contributed by atoms with E-state index in [1.165, 1.54) is 6.07 Å². The van der Waals surface area contributed by atoms with E-state index in [1.807, 2.05) is 0 Å². The minimum atomic E-state index is -1.22. The van der Waals surface area contributed by atoms with E-state index in [0.29, 0.717) is 0 Å². The number of ether oxygens (including phenoxy) is 2. The van der Waals surface area contributed by atoms with Gasteiger partial charge in [0, 0.05) is 6.07 Å². The Labute approximate surface area is 95.8 Å². The van der Waals surface area contributed by atoms with Crippen molar-refractivity contribution >= 4 is 18.0 Å². The van der Waals surface area contributed by atoms with Crippen molar-refractivity contribution in [3.63, 3.8) is 0 Å². The van der Waals surface area contributed by atoms with Crippen molar-refractivity contribution in [1.29, 1.82) is 10.8 Å². The van der Waals surface area contributed by atoms with Crippen LogP contribution in [0.4, 0.5) is 0 Å². The zero-order valence-corrected chi connectivity index (χ0v) is 8.56. The molecule has 0 atom stereocenters. The normalized spacial score (nSPS) is 9.41. The van der Waals surface area contributed by atoms with Gasteiger partial charge in [-0.05, 0) is 12.1 Å². The Morgan fingerprint density at radius 3 is 1.76 bits per heavy atom. The van der Waals surface area contributed by atoms with E-state index >= 15 is 0 Å². The number of amidine groups is 2. The number of carboxylic acids is 1. The highest BCUT2D eigenvalue weighted by Crippen LogP contribution is 2.23. The van der Waals surface area contributed by atoms with E-state index < -0.39 is 18.0 Å². The van der Waals surface area contributed by atoms with Crippen molar-refractivity contribution in [2.24, 2.45) is 11.5 Å². The molecule has 7 N–H and O–H groups in total. The van der Waals surface area contributed by atoms with Crippen LogP contribution < -0.4 is 20.9 Å². The molecule has 0 saturated carbocycles. The maximum absolute atomic E-state index is 10.8. The summed E-state index contributed by atoms with van der Waals surface area (Å²) in [6.45, 7) is 0. The first-order valence-corrected chi connectivity index (χ1v) is 4.30. The molecule has 8 heteroatoms. The number of carboxylic acid groups (broad SMARTS) is 1. The molecule has 1 aromatic rings. The maximum Gasteiger partial charge on any atom is 0.335 e. The van der Waals surface area contributed by atoms with Gasteiger partial charge in [0.25, 0.3) is 12.0 Å². The molecule has 0 aliphatic heterocycles. The first-order chi connectivity index (χ1) is 7.88. The number of nitrogens with one attached hydrogen (secondary N) is 2. The SMILES string of the molecule is N=C(N)Oc1cc(OC(=N)N)cc(C(=O)O)c1. The number of hydrogen-bond acceptors (Lipinski definition) is 5. The third-order valence-corrected chi connectivity index (χ3v) is 1.58. The van der Waals surface area contributed by atoms with E-state index in [2.05, 4.69) is 0 Å². The number of benzene rings is 1. The largest absolute Gasteiger partial charge is 0.478 e. The fourth-order valence-electron chi connectivity index (χ4n) is 1.07. The standard InChI is InChI=1S/C9H10N4O4/c10-8(11)16-5-1-4(7(14)15)2-6(3-5)17-9(12)13/h1-3H,(H3,10,11)(H3,12,13)(H,14,15). The van der Waals surface area contributed by atoms with Crippen LogP contribution in [0.25, 0.3) is 0 Å². The summed E-state index contributed by atoms with van der Waals surface area (Å²) in [5.41, 5.74) is 9.88. The van der Waals surface area contributed by atoms with Crippen molar-refractivity contribution in [3.05, 3.63) is 23.8 Å². The zero-order chi connectivity index (χ0) is 13.0. The summed E-state index contributed by atoms with van der Waals surface area (Å²) in [5, 5.41) is 22.7. The summed E-state index contributed by atoms with van der Waals surface area (Å²) in [4.78, 5) is 10.8. The second-order valence-corrected chi connectivity index (χ2v) is 2.93. The second-order valence-electron chi connectivity index (χ2n) is 2.93. The Hall–Kier alpha value is -2.77. The van der Waals surface area contributed by atoms with Gasteiger partial charge in [-0.15, -0.1) is 0 Å². The number of nitrogens with two attached hydrogens (primary N) is 2. The Morgan fingerprint density at radius 1 is 1.06 bits per heavy atom. The van der Waals surface area contributed by atoms with Crippen molar-refractivity contribution < 1.29 is 19.4 Å². The number of carbonyl (C=O) groups is 1. The topological polar surface area (TPSA) is 156 Å². The molecule has 0 radical (unpaired) electrons. The number of aromatic carboxylic acids is 1. The first kappa shape index (κ1) is 12.3. The molecule has 0 aliphatic carbocycles. The molecule has 0 spiro atoms. The number of rotatable bonds is 3. The summed E-state index contributed by atoms with van der Waals surface area (Å²) in [6.07, 6.45) is 0. The molecular weight excluding hydrogens is 228 g/mol. The Bertz CT molecular complexity index is 452. The van der Waals surface area contributed by atoms with Crippen molar-refractivity contribution in [1.82, 2.24) is 0 Å². The summed E-state index contributed by atoms with van der Waals surface area (Å²) in [5.74, 6) is -1.20. The van der Waals surface area contributed by atoms with Gasteiger partial charge < -0.3 is 26.0 Å². The lowest BCUT2D eigenvalue weighted by Gasteiger charge is -2.08. The molecule has 1 aromatic carbocycles. The smallest absolute Gasteiger partial charge is 0.335 e. The van der Waals surface area contributed by atoms with Crippen LogP contribution in [0.15, 0.2) is 18.2 Å². The van der Waals surface area contributed by atoms with Crippen LogP contribution in [0, 0.1) is 10.8 Å². The molecule has 0 amide bonds. The minimum Gasteiger partial charge on any atom is -0.478 e. The summed E-state index contributed by atoms with van der Waals surface area (Å²) in [6, 6.07) is 2.39. The molecule has 0 unspecified atom stereocenters. The molecule has 0 aliphatic rings. The minimum absolute atomic E-state index is 0.00801. The third kappa shape index (κ3) is 3.70. The second kappa shape index (κ2) is 4.84. The average molecular weight is 238 g/mol. The molecule has 0 saturated heterocycles. The highest BCUT2D eigenvalue weighted by atomic mass is 16.5. The molecule has 0 bridgehead atoms. The fourth-order valence-corrected chi connectivity index (χ4v) is 1.07. The quantitative estimate of drug-likeness (QED) is 0.366. The van der Waals surface area contributed by atoms with Crippen LogP contribution in [0.3, 0.4) is 0 Å². The Balaban J connectivity index is 3.13. The van der Waals surface area contributed by atoms with Gasteiger partial charge in [-0.2, -0.15) is 0 Å². The predicted octanol–water partition coefficient (Wildman–Crippen LogP) is -0.0707. The maximum atomic E-state index is 10.8. The highest BCUT2D eigenvalue weighted by molar-refractivity contribution is 5.89. The van der Waals surface area contributed by atoms with E-state index in [1.54, 1.807) is 0 Å². The van der Waals surface area contributed by atoms with E-state index in [9.17, 15) is 4.79 Å². The summed E-state index contributed by atoms with van der Waals surface area (Å²) >= 11 is 0. The van der Waals surface area contributed by atoms with Crippen LogP contribution >= 0.6 is 0 Å². The van der Waals surface area contributed by atoms with E-state index in [0.717, 1.165) is 12.1 Å². The molecule has 90 valence electrons. The first-order valence-electron chi connectivity index (χ1n) is 4.30. The lowest BCUT2D eigenvalue weighted by atomic mass is 10.2. The van der Waals surface area contributed by atoms with Gasteiger partial charge in [0.15, 0.2) is 0 Å². The molecule has 0 fully saturated rings. The summed E-state index contributed by atoms with van der Waals surface area (Å²) in [7, 11) is 0. The van der Waals surface area contributed by atoms with Gasteiger partial charge in [0.2, 0.25) is 0 Å². The van der Waals surface area contributed by atoms with Crippen molar-refractivity contribution in [3.8, 4) is 11.5 Å². The molecule has 17 heavy (non-hydrogen) atoms. The molecular formula is C9H10N4O4. The highest BCUT2D eigenvalue weighted by Gasteiger charge is 2.10. The van der Waals surface area contributed by atoms with Crippen LogP contribution in [-0.4, -0.2) is 23.1 Å². The van der Waals surface area contributed by atoms with E-state index in [-0.39, 0.29) is 17.1 Å². The Kier molecular flexibility index (Phi) is 3.50. The lowest BCUT2D eigenvalue weighted by molar-refractivity contribution is 0.0696. The van der Waals surface area contributed by atoms with Gasteiger partial charge in [0.1, 0.15) is 11.5 Å². The van der Waals surface area contributed by atoms with Crippen molar-refractivity contribution in [2.45, 2.75) is 0 Å². The molecule has 0 heterocycles. The average Bonchev–Trinajstić information content (AvgIpc) is 2.14. The number of hydrogen-bond donors (Lipinski definition) is 5. The predicted molar refractivity (Wildman–Crippen MR) is 58.5 cm³/mol. The van der Waals surface area contributed by atoms with Gasteiger partial charge in [-0.25, -0.2) is 4.79 Å².